The first kappa shape index (κ1) is 15.6. The zero-order valence-corrected chi connectivity index (χ0v) is 12.2. The third-order valence-electron chi connectivity index (χ3n) is 3.70. The topological polar surface area (TPSA) is 18.5 Å². The van der Waals surface area contributed by atoms with E-state index in [9.17, 15) is 0 Å². The lowest BCUT2D eigenvalue weighted by Gasteiger charge is -2.13. The van der Waals surface area contributed by atoms with Crippen LogP contribution in [-0.4, -0.2) is 19.8 Å². The normalized spacial score (nSPS) is 19.0. The van der Waals surface area contributed by atoms with Gasteiger partial charge in [0.15, 0.2) is 0 Å². The summed E-state index contributed by atoms with van der Waals surface area (Å²) in [6.07, 6.45) is 15.8. The fourth-order valence-corrected chi connectivity index (χ4v) is 2.54. The van der Waals surface area contributed by atoms with Gasteiger partial charge in [-0.15, -0.1) is 0 Å². The van der Waals surface area contributed by atoms with Crippen LogP contribution in [0.3, 0.4) is 0 Å². The van der Waals surface area contributed by atoms with Crippen LogP contribution in [0.15, 0.2) is 11.8 Å². The van der Waals surface area contributed by atoms with E-state index < -0.39 is 0 Å². The molecule has 1 heterocycles. The van der Waals surface area contributed by atoms with E-state index in [2.05, 4.69) is 13.0 Å². The third-order valence-corrected chi connectivity index (χ3v) is 3.70. The van der Waals surface area contributed by atoms with Crippen LogP contribution in [0.5, 0.6) is 0 Å². The fourth-order valence-electron chi connectivity index (χ4n) is 2.54. The number of ether oxygens (including phenoxy) is 2. The molecule has 1 unspecified atom stereocenters. The molecule has 0 amide bonds. The van der Waals surface area contributed by atoms with Gasteiger partial charge in [-0.3, -0.25) is 0 Å². The molecule has 1 rings (SSSR count). The van der Waals surface area contributed by atoms with Crippen LogP contribution >= 0.6 is 0 Å². The maximum absolute atomic E-state index is 5.61. The Morgan fingerprint density at radius 3 is 2.28 bits per heavy atom. The van der Waals surface area contributed by atoms with E-state index in [-0.39, 0.29) is 6.10 Å². The van der Waals surface area contributed by atoms with Crippen LogP contribution in [0.2, 0.25) is 0 Å². The second-order valence-electron chi connectivity index (χ2n) is 5.25. The summed E-state index contributed by atoms with van der Waals surface area (Å²) in [5.41, 5.74) is 0. The zero-order chi connectivity index (χ0) is 13.1. The van der Waals surface area contributed by atoms with Gasteiger partial charge in [0.25, 0.3) is 0 Å². The summed E-state index contributed by atoms with van der Waals surface area (Å²) in [5.74, 6) is 1.04. The van der Waals surface area contributed by atoms with Crippen LogP contribution in [0, 0.1) is 0 Å². The molecule has 0 bridgehead atoms. The van der Waals surface area contributed by atoms with Crippen LogP contribution in [0.25, 0.3) is 0 Å². The van der Waals surface area contributed by atoms with Crippen molar-refractivity contribution >= 4 is 0 Å². The summed E-state index contributed by atoms with van der Waals surface area (Å²) < 4.78 is 10.9. The molecule has 0 aromatic rings. The molecule has 1 atom stereocenters. The Kier molecular flexibility index (Phi) is 9.01. The fraction of sp³-hybridized carbons (Fsp3) is 0.875. The minimum atomic E-state index is 0.236. The number of rotatable bonds is 11. The molecule has 0 radical (unpaired) electrons. The standard InChI is InChI=1S/C16H30O2/c1-3-4-5-6-7-8-9-10-11-12-16-15(17-2)13-14-18-16/h13,16H,3-12,14H2,1-2H3. The first-order valence-corrected chi connectivity index (χ1v) is 7.74. The Morgan fingerprint density at radius 1 is 1.06 bits per heavy atom. The molecule has 106 valence electrons. The van der Waals surface area contributed by atoms with Crippen LogP contribution in [-0.2, 0) is 9.47 Å². The van der Waals surface area contributed by atoms with Crippen molar-refractivity contribution in [1.82, 2.24) is 0 Å². The molecule has 18 heavy (non-hydrogen) atoms. The lowest BCUT2D eigenvalue weighted by atomic mass is 10.0. The third kappa shape index (κ3) is 6.44. The Balaban J connectivity index is 1.85. The van der Waals surface area contributed by atoms with Crippen molar-refractivity contribution in [3.05, 3.63) is 11.8 Å². The van der Waals surface area contributed by atoms with Crippen LogP contribution < -0.4 is 0 Å². The molecular formula is C16H30O2. The highest BCUT2D eigenvalue weighted by atomic mass is 16.5. The number of hydrogen-bond acceptors (Lipinski definition) is 2. The van der Waals surface area contributed by atoms with E-state index in [1.54, 1.807) is 7.11 Å². The molecule has 1 aliphatic heterocycles. The number of unbranched alkanes of at least 4 members (excludes halogenated alkanes) is 8. The van der Waals surface area contributed by atoms with Gasteiger partial charge in [0.05, 0.1) is 13.7 Å². The van der Waals surface area contributed by atoms with Gasteiger partial charge >= 0.3 is 0 Å². The van der Waals surface area contributed by atoms with E-state index in [4.69, 9.17) is 9.47 Å². The summed E-state index contributed by atoms with van der Waals surface area (Å²) in [5, 5.41) is 0. The summed E-state index contributed by atoms with van der Waals surface area (Å²) in [4.78, 5) is 0. The van der Waals surface area contributed by atoms with Gasteiger partial charge < -0.3 is 9.47 Å². The average Bonchev–Trinajstić information content (AvgIpc) is 2.84. The number of hydrogen-bond donors (Lipinski definition) is 0. The minimum absolute atomic E-state index is 0.236. The van der Waals surface area contributed by atoms with Gasteiger partial charge in [0, 0.05) is 0 Å². The molecule has 0 aliphatic carbocycles. The second-order valence-corrected chi connectivity index (χ2v) is 5.25. The Morgan fingerprint density at radius 2 is 1.67 bits per heavy atom. The molecule has 2 nitrogen and oxygen atoms in total. The van der Waals surface area contributed by atoms with Gasteiger partial charge in [-0.05, 0) is 12.5 Å². The minimum Gasteiger partial charge on any atom is -0.499 e. The highest BCUT2D eigenvalue weighted by molar-refractivity contribution is 5.05. The molecule has 2 heteroatoms. The molecule has 0 aromatic carbocycles. The molecule has 1 aliphatic rings. The van der Waals surface area contributed by atoms with E-state index in [1.807, 2.05) is 0 Å². The maximum atomic E-state index is 5.61. The predicted molar refractivity (Wildman–Crippen MR) is 76.7 cm³/mol. The second kappa shape index (κ2) is 10.4. The molecule has 0 saturated heterocycles. The summed E-state index contributed by atoms with van der Waals surface area (Å²) in [6, 6.07) is 0. The van der Waals surface area contributed by atoms with E-state index >= 15 is 0 Å². The van der Waals surface area contributed by atoms with E-state index in [0.717, 1.165) is 18.8 Å². The Bertz CT molecular complexity index is 223. The first-order valence-electron chi connectivity index (χ1n) is 7.74. The highest BCUT2D eigenvalue weighted by Gasteiger charge is 2.19. The lowest BCUT2D eigenvalue weighted by Crippen LogP contribution is -2.11. The largest absolute Gasteiger partial charge is 0.499 e. The Labute approximate surface area is 113 Å². The SMILES string of the molecule is CCCCCCCCCCCC1OCC=C1OC. The monoisotopic (exact) mass is 254 g/mol. The molecule has 0 spiro atoms. The smallest absolute Gasteiger partial charge is 0.123 e. The van der Waals surface area contributed by atoms with Crippen molar-refractivity contribution < 1.29 is 9.47 Å². The predicted octanol–water partition coefficient (Wildman–Crippen LogP) is 4.84. The molecule has 0 N–H and O–H groups in total. The van der Waals surface area contributed by atoms with Crippen LogP contribution in [0.4, 0.5) is 0 Å². The number of methoxy groups -OCH3 is 1. The van der Waals surface area contributed by atoms with Gasteiger partial charge in [0.1, 0.15) is 11.9 Å². The summed E-state index contributed by atoms with van der Waals surface area (Å²) in [6.45, 7) is 3.00. The van der Waals surface area contributed by atoms with E-state index in [0.29, 0.717) is 0 Å². The van der Waals surface area contributed by atoms with E-state index in [1.165, 1.54) is 57.8 Å². The quantitative estimate of drug-likeness (QED) is 0.491. The summed E-state index contributed by atoms with van der Waals surface area (Å²) >= 11 is 0. The van der Waals surface area contributed by atoms with Crippen molar-refractivity contribution in [3.8, 4) is 0 Å². The van der Waals surface area contributed by atoms with Crippen molar-refractivity contribution in [1.29, 1.82) is 0 Å². The maximum Gasteiger partial charge on any atom is 0.123 e. The zero-order valence-electron chi connectivity index (χ0n) is 12.2. The van der Waals surface area contributed by atoms with Crippen molar-refractivity contribution in [2.24, 2.45) is 0 Å². The van der Waals surface area contributed by atoms with Gasteiger partial charge in [-0.1, -0.05) is 64.7 Å². The molecule has 0 aromatic heterocycles. The molecule has 0 fully saturated rings. The van der Waals surface area contributed by atoms with Crippen molar-refractivity contribution in [3.63, 3.8) is 0 Å². The van der Waals surface area contributed by atoms with Gasteiger partial charge in [0.2, 0.25) is 0 Å². The van der Waals surface area contributed by atoms with Crippen molar-refractivity contribution in [2.45, 2.75) is 77.2 Å². The highest BCUT2D eigenvalue weighted by Crippen LogP contribution is 2.21. The van der Waals surface area contributed by atoms with Gasteiger partial charge in [-0.25, -0.2) is 0 Å². The Hall–Kier alpha value is -0.500. The molecular weight excluding hydrogens is 224 g/mol. The van der Waals surface area contributed by atoms with Crippen molar-refractivity contribution in [2.75, 3.05) is 13.7 Å². The summed E-state index contributed by atoms with van der Waals surface area (Å²) in [7, 11) is 1.74. The average molecular weight is 254 g/mol. The lowest BCUT2D eigenvalue weighted by molar-refractivity contribution is 0.0770. The first-order chi connectivity index (χ1) is 8.88. The van der Waals surface area contributed by atoms with Gasteiger partial charge in [-0.2, -0.15) is 0 Å². The van der Waals surface area contributed by atoms with Crippen LogP contribution in [0.1, 0.15) is 71.1 Å². The molecule has 0 saturated carbocycles.